The fourth-order valence-electron chi connectivity index (χ4n) is 5.10. The molecule has 1 aromatic carbocycles. The molecule has 1 saturated heterocycles. The molecule has 160 valence electrons. The molecule has 4 aromatic rings. The van der Waals surface area contributed by atoms with Crippen LogP contribution in [0.5, 0.6) is 0 Å². The molecule has 1 amide bonds. The SMILES string of the molecule is O=C(c1ccc(-c2ccn[nH]2)cc1)N1C[C@@H]2C[C@H](C1)c1ccc(-c3ncc[nH]3)c(=O)n1C2. The first-order valence-electron chi connectivity index (χ1n) is 10.8. The minimum atomic E-state index is -0.0127. The van der Waals surface area contributed by atoms with Crippen LogP contribution >= 0.6 is 0 Å². The van der Waals surface area contributed by atoms with E-state index < -0.39 is 0 Å². The number of fused-ring (bicyclic) bond motifs is 4. The van der Waals surface area contributed by atoms with E-state index in [-0.39, 0.29) is 23.3 Å². The Bertz CT molecular complexity index is 1320. The zero-order valence-electron chi connectivity index (χ0n) is 17.4. The number of carbonyl (C=O) groups is 1. The molecule has 2 aliphatic heterocycles. The van der Waals surface area contributed by atoms with Crippen molar-refractivity contribution >= 4 is 5.91 Å². The summed E-state index contributed by atoms with van der Waals surface area (Å²) >= 11 is 0. The van der Waals surface area contributed by atoms with Crippen molar-refractivity contribution in [3.8, 4) is 22.6 Å². The number of hydrogen-bond donors (Lipinski definition) is 2. The number of carbonyl (C=O) groups excluding carboxylic acids is 1. The standard InChI is InChI=1S/C24H22N6O2/c31-23(17-3-1-16(2-4-17)20-7-8-27-28-20)29-12-15-11-18(14-29)21-6-5-19(22-25-9-10-26-22)24(32)30(21)13-15/h1-10,15,18H,11-14H2,(H,25,26)(H,27,28)/t15-,18+/m0/s1. The van der Waals surface area contributed by atoms with Gasteiger partial charge in [-0.15, -0.1) is 0 Å². The molecule has 8 nitrogen and oxygen atoms in total. The van der Waals surface area contributed by atoms with Gasteiger partial charge in [0.25, 0.3) is 11.5 Å². The maximum absolute atomic E-state index is 13.2. The normalized spacial score (nSPS) is 19.6. The quantitative estimate of drug-likeness (QED) is 0.526. The highest BCUT2D eigenvalue weighted by Gasteiger charge is 2.37. The molecular formula is C24H22N6O2. The summed E-state index contributed by atoms with van der Waals surface area (Å²) in [5.74, 6) is 1.06. The van der Waals surface area contributed by atoms with Crippen molar-refractivity contribution in [1.82, 2.24) is 29.6 Å². The number of likely N-dealkylation sites (tertiary alicyclic amines) is 1. The molecule has 0 spiro atoms. The molecule has 0 aliphatic carbocycles. The molecule has 2 N–H and O–H groups in total. The summed E-state index contributed by atoms with van der Waals surface area (Å²) in [6.45, 7) is 1.91. The average Bonchev–Trinajstić information content (AvgIpc) is 3.54. The third-order valence-corrected chi connectivity index (χ3v) is 6.59. The van der Waals surface area contributed by atoms with Crippen LogP contribution in [0.3, 0.4) is 0 Å². The van der Waals surface area contributed by atoms with E-state index in [0.717, 1.165) is 23.4 Å². The largest absolute Gasteiger partial charge is 0.344 e. The van der Waals surface area contributed by atoms with Crippen LogP contribution < -0.4 is 5.56 Å². The second kappa shape index (κ2) is 7.33. The first-order chi connectivity index (χ1) is 15.7. The lowest BCUT2D eigenvalue weighted by Crippen LogP contribution is -2.49. The molecule has 0 unspecified atom stereocenters. The Morgan fingerprint density at radius 2 is 1.88 bits per heavy atom. The Balaban J connectivity index is 1.25. The van der Waals surface area contributed by atoms with Crippen molar-refractivity contribution in [2.75, 3.05) is 13.1 Å². The number of benzene rings is 1. The molecular weight excluding hydrogens is 404 g/mol. The Kier molecular flexibility index (Phi) is 4.31. The van der Waals surface area contributed by atoms with Gasteiger partial charge in [0.05, 0.1) is 11.3 Å². The Morgan fingerprint density at radius 3 is 2.62 bits per heavy atom. The van der Waals surface area contributed by atoms with Crippen LogP contribution in [0.2, 0.25) is 0 Å². The minimum absolute atomic E-state index is 0.0127. The summed E-state index contributed by atoms with van der Waals surface area (Å²) in [4.78, 5) is 35.6. The number of imidazole rings is 1. The van der Waals surface area contributed by atoms with Gasteiger partial charge in [0, 0.05) is 55.4 Å². The summed E-state index contributed by atoms with van der Waals surface area (Å²) in [6, 6.07) is 13.4. The smallest absolute Gasteiger partial charge is 0.261 e. The first kappa shape index (κ1) is 18.8. The van der Waals surface area contributed by atoms with Crippen LogP contribution in [0.4, 0.5) is 0 Å². The molecule has 0 saturated carbocycles. The van der Waals surface area contributed by atoms with Crippen LogP contribution in [0.25, 0.3) is 22.6 Å². The van der Waals surface area contributed by atoms with Crippen LogP contribution in [0.15, 0.2) is 65.8 Å². The van der Waals surface area contributed by atoms with E-state index in [9.17, 15) is 9.59 Å². The number of aromatic amines is 2. The molecule has 5 heterocycles. The van der Waals surface area contributed by atoms with E-state index in [1.165, 1.54) is 0 Å². The number of aromatic nitrogens is 5. The zero-order chi connectivity index (χ0) is 21.7. The van der Waals surface area contributed by atoms with E-state index in [2.05, 4.69) is 20.2 Å². The number of piperidine rings is 1. The number of nitrogens with zero attached hydrogens (tertiary/aromatic N) is 4. The van der Waals surface area contributed by atoms with Crippen molar-refractivity contribution in [3.63, 3.8) is 0 Å². The second-order valence-corrected chi connectivity index (χ2v) is 8.58. The van der Waals surface area contributed by atoms with Gasteiger partial charge in [0.2, 0.25) is 0 Å². The fraction of sp³-hybridized carbons (Fsp3) is 0.250. The monoisotopic (exact) mass is 426 g/mol. The maximum atomic E-state index is 13.2. The topological polar surface area (TPSA) is 99.7 Å². The number of nitrogens with one attached hydrogen (secondary N) is 2. The van der Waals surface area contributed by atoms with E-state index in [4.69, 9.17) is 0 Å². The van der Waals surface area contributed by atoms with Crippen molar-refractivity contribution in [2.24, 2.45) is 5.92 Å². The molecule has 2 aliphatic rings. The van der Waals surface area contributed by atoms with Crippen LogP contribution in [0, 0.1) is 5.92 Å². The van der Waals surface area contributed by atoms with Gasteiger partial charge in [-0.05, 0) is 48.2 Å². The minimum Gasteiger partial charge on any atom is -0.344 e. The number of amides is 1. The number of rotatable bonds is 3. The molecule has 32 heavy (non-hydrogen) atoms. The molecule has 3 aromatic heterocycles. The lowest BCUT2D eigenvalue weighted by atomic mass is 9.82. The summed E-state index contributed by atoms with van der Waals surface area (Å²) in [5, 5.41) is 6.92. The summed E-state index contributed by atoms with van der Waals surface area (Å²) in [5.41, 5.74) is 4.18. The van der Waals surface area contributed by atoms with Gasteiger partial charge in [0.15, 0.2) is 0 Å². The van der Waals surface area contributed by atoms with Gasteiger partial charge in [-0.25, -0.2) is 4.98 Å². The Labute approximate surface area is 183 Å². The molecule has 0 radical (unpaired) electrons. The van der Waals surface area contributed by atoms with E-state index >= 15 is 0 Å². The number of pyridine rings is 1. The van der Waals surface area contributed by atoms with Gasteiger partial charge in [-0.1, -0.05) is 12.1 Å². The maximum Gasteiger partial charge on any atom is 0.261 e. The molecule has 2 bridgehead atoms. The highest BCUT2D eigenvalue weighted by molar-refractivity contribution is 5.94. The van der Waals surface area contributed by atoms with Crippen molar-refractivity contribution in [1.29, 1.82) is 0 Å². The van der Waals surface area contributed by atoms with Crippen molar-refractivity contribution < 1.29 is 4.79 Å². The molecule has 1 fully saturated rings. The third-order valence-electron chi connectivity index (χ3n) is 6.59. The Hall–Kier alpha value is -3.94. The predicted molar refractivity (Wildman–Crippen MR) is 119 cm³/mol. The lowest BCUT2D eigenvalue weighted by Gasteiger charge is -2.43. The van der Waals surface area contributed by atoms with Gasteiger partial charge in [-0.3, -0.25) is 14.7 Å². The molecule has 6 rings (SSSR count). The van der Waals surface area contributed by atoms with Gasteiger partial charge < -0.3 is 14.5 Å². The van der Waals surface area contributed by atoms with E-state index in [0.29, 0.717) is 36.6 Å². The van der Waals surface area contributed by atoms with Crippen LogP contribution in [0.1, 0.15) is 28.4 Å². The van der Waals surface area contributed by atoms with Crippen molar-refractivity contribution in [3.05, 3.63) is 82.7 Å². The van der Waals surface area contributed by atoms with E-state index in [1.54, 1.807) is 18.6 Å². The highest BCUT2D eigenvalue weighted by Crippen LogP contribution is 2.36. The third kappa shape index (κ3) is 3.07. The number of hydrogen-bond acceptors (Lipinski definition) is 4. The van der Waals surface area contributed by atoms with Crippen molar-refractivity contribution in [2.45, 2.75) is 18.9 Å². The van der Waals surface area contributed by atoms with Crippen LogP contribution in [-0.4, -0.2) is 48.6 Å². The Morgan fingerprint density at radius 1 is 1.00 bits per heavy atom. The van der Waals surface area contributed by atoms with E-state index in [1.807, 2.05) is 51.9 Å². The van der Waals surface area contributed by atoms with Crippen LogP contribution in [-0.2, 0) is 6.54 Å². The summed E-state index contributed by atoms with van der Waals surface area (Å²) < 4.78 is 1.89. The first-order valence-corrected chi connectivity index (χ1v) is 10.8. The zero-order valence-corrected chi connectivity index (χ0v) is 17.4. The second-order valence-electron chi connectivity index (χ2n) is 8.58. The predicted octanol–water partition coefficient (Wildman–Crippen LogP) is 2.89. The molecule has 8 heteroatoms. The number of H-pyrrole nitrogens is 2. The summed E-state index contributed by atoms with van der Waals surface area (Å²) in [7, 11) is 0. The fourth-order valence-corrected chi connectivity index (χ4v) is 5.10. The summed E-state index contributed by atoms with van der Waals surface area (Å²) in [6.07, 6.45) is 6.08. The van der Waals surface area contributed by atoms with Gasteiger partial charge in [0.1, 0.15) is 5.82 Å². The van der Waals surface area contributed by atoms with Gasteiger partial charge in [-0.2, -0.15) is 5.10 Å². The molecule has 2 atom stereocenters. The highest BCUT2D eigenvalue weighted by atomic mass is 16.2. The van der Waals surface area contributed by atoms with Gasteiger partial charge >= 0.3 is 0 Å². The lowest BCUT2D eigenvalue weighted by molar-refractivity contribution is 0.0594. The average molecular weight is 426 g/mol.